The first-order valence-electron chi connectivity index (χ1n) is 5.85. The average Bonchev–Trinajstić information content (AvgIpc) is 2.85. The second kappa shape index (κ2) is 5.84. The Morgan fingerprint density at radius 3 is 2.71 bits per heavy atom. The van der Waals surface area contributed by atoms with Crippen LogP contribution in [-0.2, 0) is 6.54 Å². The number of thiophene rings is 1. The van der Waals surface area contributed by atoms with Crippen LogP contribution in [0.2, 0.25) is 0 Å². The molecular weight excluding hydrogens is 230 g/mol. The molecule has 2 aromatic rings. The molecule has 2 nitrogen and oxygen atoms in total. The van der Waals surface area contributed by atoms with Gasteiger partial charge in [0, 0.05) is 23.0 Å². The fourth-order valence-electron chi connectivity index (χ4n) is 1.89. The molecule has 0 aliphatic rings. The van der Waals surface area contributed by atoms with E-state index >= 15 is 0 Å². The van der Waals surface area contributed by atoms with E-state index in [4.69, 9.17) is 0 Å². The zero-order valence-corrected chi connectivity index (χ0v) is 10.7. The first kappa shape index (κ1) is 12.1. The lowest BCUT2D eigenvalue weighted by Crippen LogP contribution is -2.19. The van der Waals surface area contributed by atoms with E-state index in [-0.39, 0.29) is 6.04 Å². The van der Waals surface area contributed by atoms with Gasteiger partial charge in [-0.15, -0.1) is 11.3 Å². The van der Waals surface area contributed by atoms with Crippen molar-refractivity contribution in [2.45, 2.75) is 25.9 Å². The van der Waals surface area contributed by atoms with Gasteiger partial charge in [-0.05, 0) is 23.9 Å². The van der Waals surface area contributed by atoms with Crippen LogP contribution in [0.25, 0.3) is 0 Å². The summed E-state index contributed by atoms with van der Waals surface area (Å²) >= 11 is 1.75. The van der Waals surface area contributed by atoms with Gasteiger partial charge in [-0.3, -0.25) is 0 Å². The summed E-state index contributed by atoms with van der Waals surface area (Å²) in [5.74, 6) is 0.373. The summed E-state index contributed by atoms with van der Waals surface area (Å²) in [4.78, 5) is 1.32. The highest BCUT2D eigenvalue weighted by Gasteiger charge is 2.12. The van der Waals surface area contributed by atoms with Gasteiger partial charge in [-0.2, -0.15) is 0 Å². The smallest absolute Gasteiger partial charge is 0.120 e. The Labute approximate surface area is 106 Å². The van der Waals surface area contributed by atoms with Gasteiger partial charge in [0.1, 0.15) is 5.75 Å². The summed E-state index contributed by atoms with van der Waals surface area (Å²) in [6.45, 7) is 2.98. The molecule has 1 heterocycles. The number of para-hydroxylation sites is 1. The lowest BCUT2D eigenvalue weighted by Gasteiger charge is -2.18. The number of hydrogen-bond donors (Lipinski definition) is 2. The Balaban J connectivity index is 2.04. The molecule has 0 bridgehead atoms. The van der Waals surface area contributed by atoms with Crippen molar-refractivity contribution in [3.05, 3.63) is 52.2 Å². The van der Waals surface area contributed by atoms with Crippen molar-refractivity contribution in [1.82, 2.24) is 5.32 Å². The van der Waals surface area contributed by atoms with Crippen LogP contribution in [0, 0.1) is 0 Å². The van der Waals surface area contributed by atoms with E-state index in [1.165, 1.54) is 4.88 Å². The van der Waals surface area contributed by atoms with Gasteiger partial charge in [-0.25, -0.2) is 0 Å². The van der Waals surface area contributed by atoms with Gasteiger partial charge in [0.05, 0.1) is 0 Å². The van der Waals surface area contributed by atoms with Crippen molar-refractivity contribution < 1.29 is 5.11 Å². The van der Waals surface area contributed by atoms with E-state index in [2.05, 4.69) is 29.8 Å². The number of rotatable bonds is 5. The van der Waals surface area contributed by atoms with Gasteiger partial charge < -0.3 is 10.4 Å². The van der Waals surface area contributed by atoms with Gasteiger partial charge in [0.25, 0.3) is 0 Å². The van der Waals surface area contributed by atoms with Crippen LogP contribution in [0.3, 0.4) is 0 Å². The van der Waals surface area contributed by atoms with Crippen LogP contribution >= 0.6 is 11.3 Å². The molecule has 3 heteroatoms. The maximum Gasteiger partial charge on any atom is 0.120 e. The third-order valence-corrected chi connectivity index (χ3v) is 3.70. The molecule has 0 amide bonds. The van der Waals surface area contributed by atoms with Crippen molar-refractivity contribution in [3.63, 3.8) is 0 Å². The maximum atomic E-state index is 9.83. The Kier molecular flexibility index (Phi) is 4.18. The van der Waals surface area contributed by atoms with Crippen molar-refractivity contribution in [3.8, 4) is 5.75 Å². The van der Waals surface area contributed by atoms with E-state index in [9.17, 15) is 5.11 Å². The molecule has 1 aromatic heterocycles. The van der Waals surface area contributed by atoms with E-state index in [0.717, 1.165) is 18.5 Å². The molecule has 0 spiro atoms. The summed E-state index contributed by atoms with van der Waals surface area (Å²) in [5.41, 5.74) is 0.978. The Morgan fingerprint density at radius 1 is 1.24 bits per heavy atom. The van der Waals surface area contributed by atoms with Gasteiger partial charge in [0.15, 0.2) is 0 Å². The minimum atomic E-state index is 0.207. The minimum Gasteiger partial charge on any atom is -0.508 e. The van der Waals surface area contributed by atoms with E-state index in [0.29, 0.717) is 5.75 Å². The molecule has 1 aromatic carbocycles. The molecule has 0 saturated carbocycles. The predicted octanol–water partition coefficient (Wildman–Crippen LogP) is 3.69. The van der Waals surface area contributed by atoms with E-state index < -0.39 is 0 Å². The van der Waals surface area contributed by atoms with Crippen LogP contribution in [0.1, 0.15) is 29.8 Å². The normalized spacial score (nSPS) is 12.5. The van der Waals surface area contributed by atoms with E-state index in [1.807, 2.05) is 18.2 Å². The van der Waals surface area contributed by atoms with Crippen molar-refractivity contribution >= 4 is 11.3 Å². The lowest BCUT2D eigenvalue weighted by atomic mass is 10.0. The average molecular weight is 247 g/mol. The highest BCUT2D eigenvalue weighted by molar-refractivity contribution is 7.09. The van der Waals surface area contributed by atoms with Crippen molar-refractivity contribution in [2.24, 2.45) is 0 Å². The number of hydrogen-bond acceptors (Lipinski definition) is 3. The molecule has 1 atom stereocenters. The second-order valence-corrected chi connectivity index (χ2v) is 5.01. The molecule has 1 unspecified atom stereocenters. The van der Waals surface area contributed by atoms with Crippen molar-refractivity contribution in [1.29, 1.82) is 0 Å². The quantitative estimate of drug-likeness (QED) is 0.844. The van der Waals surface area contributed by atoms with Gasteiger partial charge >= 0.3 is 0 Å². The Bertz CT molecular complexity index is 453. The Morgan fingerprint density at radius 2 is 2.06 bits per heavy atom. The SMILES string of the molecule is CCC(NCc1cccs1)c1ccccc1O. The minimum absolute atomic E-state index is 0.207. The molecule has 0 aliphatic heterocycles. The molecule has 2 N–H and O–H groups in total. The monoisotopic (exact) mass is 247 g/mol. The number of benzene rings is 1. The molecule has 0 fully saturated rings. The van der Waals surface area contributed by atoms with E-state index in [1.54, 1.807) is 17.4 Å². The van der Waals surface area contributed by atoms with Crippen LogP contribution < -0.4 is 5.32 Å². The van der Waals surface area contributed by atoms with Crippen LogP contribution in [-0.4, -0.2) is 5.11 Å². The number of phenolic OH excluding ortho intramolecular Hbond substituents is 1. The third-order valence-electron chi connectivity index (χ3n) is 2.82. The molecule has 2 rings (SSSR count). The summed E-state index contributed by atoms with van der Waals surface area (Å²) in [5, 5.41) is 15.4. The summed E-state index contributed by atoms with van der Waals surface area (Å²) in [7, 11) is 0. The number of aromatic hydroxyl groups is 1. The molecular formula is C14H17NOS. The fourth-order valence-corrected chi connectivity index (χ4v) is 2.55. The first-order valence-corrected chi connectivity index (χ1v) is 6.73. The lowest BCUT2D eigenvalue weighted by molar-refractivity contribution is 0.441. The highest BCUT2D eigenvalue weighted by atomic mass is 32.1. The standard InChI is InChI=1S/C14H17NOS/c1-2-13(12-7-3-4-8-14(12)16)15-10-11-6-5-9-17-11/h3-9,13,15-16H,2,10H2,1H3. The van der Waals surface area contributed by atoms with Crippen LogP contribution in [0.4, 0.5) is 0 Å². The molecule has 0 aliphatic carbocycles. The topological polar surface area (TPSA) is 32.3 Å². The van der Waals surface area contributed by atoms with Crippen LogP contribution in [0.15, 0.2) is 41.8 Å². The zero-order valence-electron chi connectivity index (χ0n) is 9.89. The Hall–Kier alpha value is -1.32. The highest BCUT2D eigenvalue weighted by Crippen LogP contribution is 2.26. The summed E-state index contributed by atoms with van der Waals surface area (Å²) in [6, 6.07) is 11.9. The predicted molar refractivity (Wildman–Crippen MR) is 72.3 cm³/mol. The number of nitrogens with one attached hydrogen (secondary N) is 1. The molecule has 0 radical (unpaired) electrons. The summed E-state index contributed by atoms with van der Waals surface area (Å²) in [6.07, 6.45) is 0.961. The largest absolute Gasteiger partial charge is 0.508 e. The van der Waals surface area contributed by atoms with Crippen LogP contribution in [0.5, 0.6) is 5.75 Å². The van der Waals surface area contributed by atoms with Crippen molar-refractivity contribution in [2.75, 3.05) is 0 Å². The molecule has 90 valence electrons. The molecule has 0 saturated heterocycles. The maximum absolute atomic E-state index is 9.83. The second-order valence-electron chi connectivity index (χ2n) is 3.98. The fraction of sp³-hybridized carbons (Fsp3) is 0.286. The third kappa shape index (κ3) is 3.08. The summed E-state index contributed by atoms with van der Waals surface area (Å²) < 4.78 is 0. The van der Waals surface area contributed by atoms with Gasteiger partial charge in [-0.1, -0.05) is 31.2 Å². The first-order chi connectivity index (χ1) is 8.31. The zero-order chi connectivity index (χ0) is 12.1. The number of phenols is 1. The van der Waals surface area contributed by atoms with Gasteiger partial charge in [0.2, 0.25) is 0 Å². The molecule has 17 heavy (non-hydrogen) atoms.